The predicted octanol–water partition coefficient (Wildman–Crippen LogP) is 1.60. The fourth-order valence-corrected chi connectivity index (χ4v) is 3.94. The van der Waals surface area contributed by atoms with Crippen molar-refractivity contribution in [2.24, 2.45) is 11.7 Å². The second-order valence-electron chi connectivity index (χ2n) is 6.61. The van der Waals surface area contributed by atoms with Gasteiger partial charge in [-0.1, -0.05) is 11.6 Å². The summed E-state index contributed by atoms with van der Waals surface area (Å²) in [7, 11) is 0. The van der Waals surface area contributed by atoms with Gasteiger partial charge in [-0.2, -0.15) is 0 Å². The number of nitrogens with two attached hydrogens (primary N) is 1. The molecule has 8 heteroatoms. The van der Waals surface area contributed by atoms with Crippen LogP contribution in [0.1, 0.15) is 25.3 Å². The number of aromatic nitrogens is 2. The number of benzene rings is 1. The molecule has 6 nitrogen and oxygen atoms in total. The number of hydrogen-bond acceptors (Lipinski definition) is 4. The van der Waals surface area contributed by atoms with E-state index in [0.717, 1.165) is 19.3 Å². The van der Waals surface area contributed by atoms with Crippen LogP contribution in [-0.4, -0.2) is 29.2 Å². The first-order valence-electron chi connectivity index (χ1n) is 8.12. The lowest BCUT2D eigenvalue weighted by Crippen LogP contribution is -2.31. The Bertz CT molecular complexity index is 934. The molecule has 2 heterocycles. The number of halogens is 2. The summed E-state index contributed by atoms with van der Waals surface area (Å²) in [6.07, 6.45) is 2.57. The molecule has 0 radical (unpaired) electrons. The molecule has 1 aliphatic carbocycles. The molecule has 0 spiro atoms. The van der Waals surface area contributed by atoms with Crippen LogP contribution >= 0.6 is 11.6 Å². The van der Waals surface area contributed by atoms with Crippen LogP contribution in [0.2, 0.25) is 5.02 Å². The Labute approximate surface area is 142 Å². The maximum atomic E-state index is 14.7. The van der Waals surface area contributed by atoms with Gasteiger partial charge in [-0.3, -0.25) is 14.3 Å². The Morgan fingerprint density at radius 3 is 2.71 bits per heavy atom. The summed E-state index contributed by atoms with van der Waals surface area (Å²) in [5.41, 5.74) is 5.20. The SMILES string of the molecule is NCC1CCN(c2c(F)cc3c(=O)[nH]c(=O)n(C4CC4)c3c2Cl)C1. The molecule has 2 aliphatic rings. The van der Waals surface area contributed by atoms with Gasteiger partial charge in [0.05, 0.1) is 21.6 Å². The highest BCUT2D eigenvalue weighted by atomic mass is 35.5. The van der Waals surface area contributed by atoms with Gasteiger partial charge in [-0.25, -0.2) is 9.18 Å². The Balaban J connectivity index is 1.98. The van der Waals surface area contributed by atoms with Gasteiger partial charge in [-0.15, -0.1) is 0 Å². The molecule has 128 valence electrons. The number of anilines is 1. The van der Waals surface area contributed by atoms with Gasteiger partial charge in [0.2, 0.25) is 0 Å². The maximum Gasteiger partial charge on any atom is 0.329 e. The van der Waals surface area contributed by atoms with Crippen LogP contribution in [0.5, 0.6) is 0 Å². The summed E-state index contributed by atoms with van der Waals surface area (Å²) in [4.78, 5) is 28.5. The topological polar surface area (TPSA) is 84.1 Å². The fourth-order valence-electron chi connectivity index (χ4n) is 3.53. The maximum absolute atomic E-state index is 14.7. The Morgan fingerprint density at radius 1 is 1.33 bits per heavy atom. The molecule has 2 fully saturated rings. The van der Waals surface area contributed by atoms with Gasteiger partial charge in [0.1, 0.15) is 5.82 Å². The molecule has 1 atom stereocenters. The summed E-state index contributed by atoms with van der Waals surface area (Å²) in [6.45, 7) is 1.81. The second kappa shape index (κ2) is 5.60. The number of fused-ring (bicyclic) bond motifs is 1. The smallest absolute Gasteiger partial charge is 0.329 e. The van der Waals surface area contributed by atoms with E-state index >= 15 is 0 Å². The van der Waals surface area contributed by atoms with Crippen molar-refractivity contribution in [3.05, 3.63) is 37.7 Å². The van der Waals surface area contributed by atoms with Gasteiger partial charge in [0.25, 0.3) is 5.56 Å². The molecule has 4 rings (SSSR count). The third-order valence-corrected chi connectivity index (χ3v) is 5.30. The number of H-pyrrole nitrogens is 1. The molecule has 1 aliphatic heterocycles. The van der Waals surface area contributed by atoms with Gasteiger partial charge >= 0.3 is 5.69 Å². The average molecular weight is 353 g/mol. The van der Waals surface area contributed by atoms with E-state index in [2.05, 4.69) is 4.98 Å². The molecule has 1 saturated heterocycles. The van der Waals surface area contributed by atoms with Gasteiger partial charge < -0.3 is 10.6 Å². The summed E-state index contributed by atoms with van der Waals surface area (Å²) in [5.74, 6) is -0.252. The zero-order valence-electron chi connectivity index (χ0n) is 13.0. The molecular formula is C16H18ClFN4O2. The number of rotatable bonds is 3. The van der Waals surface area contributed by atoms with Crippen molar-refractivity contribution in [2.45, 2.75) is 25.3 Å². The molecule has 0 bridgehead atoms. The summed E-state index contributed by atoms with van der Waals surface area (Å²) in [5, 5.41) is 0.250. The number of hydrogen-bond donors (Lipinski definition) is 2. The number of nitrogens with one attached hydrogen (secondary N) is 1. The average Bonchev–Trinajstić information content (AvgIpc) is 3.26. The predicted molar refractivity (Wildman–Crippen MR) is 91.4 cm³/mol. The van der Waals surface area contributed by atoms with E-state index in [-0.39, 0.29) is 22.1 Å². The van der Waals surface area contributed by atoms with E-state index in [0.29, 0.717) is 31.1 Å². The normalized spacial score (nSPS) is 21.0. The van der Waals surface area contributed by atoms with E-state index < -0.39 is 17.1 Å². The van der Waals surface area contributed by atoms with Crippen molar-refractivity contribution < 1.29 is 4.39 Å². The first-order chi connectivity index (χ1) is 11.5. The van der Waals surface area contributed by atoms with Crippen molar-refractivity contribution in [3.63, 3.8) is 0 Å². The molecule has 1 unspecified atom stereocenters. The van der Waals surface area contributed by atoms with Crippen molar-refractivity contribution in [3.8, 4) is 0 Å². The summed E-state index contributed by atoms with van der Waals surface area (Å²) >= 11 is 6.51. The van der Waals surface area contributed by atoms with E-state index in [1.807, 2.05) is 4.90 Å². The highest BCUT2D eigenvalue weighted by molar-refractivity contribution is 6.37. The van der Waals surface area contributed by atoms with Gasteiger partial charge in [0.15, 0.2) is 0 Å². The van der Waals surface area contributed by atoms with E-state index in [1.54, 1.807) is 0 Å². The van der Waals surface area contributed by atoms with Crippen LogP contribution in [0.4, 0.5) is 10.1 Å². The van der Waals surface area contributed by atoms with Crippen LogP contribution in [0.3, 0.4) is 0 Å². The minimum absolute atomic E-state index is 0.0167. The minimum Gasteiger partial charge on any atom is -0.368 e. The first-order valence-corrected chi connectivity index (χ1v) is 8.50. The lowest BCUT2D eigenvalue weighted by Gasteiger charge is -2.22. The molecule has 0 amide bonds. The third kappa shape index (κ3) is 2.34. The summed E-state index contributed by atoms with van der Waals surface area (Å²) < 4.78 is 16.2. The summed E-state index contributed by atoms with van der Waals surface area (Å²) in [6, 6.07) is 1.20. The van der Waals surface area contributed by atoms with E-state index in [9.17, 15) is 14.0 Å². The zero-order chi connectivity index (χ0) is 17.0. The molecule has 24 heavy (non-hydrogen) atoms. The van der Waals surface area contributed by atoms with Crippen molar-refractivity contribution in [1.82, 2.24) is 9.55 Å². The molecule has 2 aromatic rings. The van der Waals surface area contributed by atoms with E-state index in [1.165, 1.54) is 10.6 Å². The van der Waals surface area contributed by atoms with E-state index in [4.69, 9.17) is 17.3 Å². The van der Waals surface area contributed by atoms with Gasteiger partial charge in [0, 0.05) is 19.1 Å². The fraction of sp³-hybridized carbons (Fsp3) is 0.500. The molecule has 1 aromatic carbocycles. The molecule has 1 aromatic heterocycles. The number of nitrogens with zero attached hydrogens (tertiary/aromatic N) is 2. The van der Waals surface area contributed by atoms with Crippen molar-refractivity contribution >= 4 is 28.2 Å². The Morgan fingerprint density at radius 2 is 2.08 bits per heavy atom. The van der Waals surface area contributed by atoms with Crippen molar-refractivity contribution in [2.75, 3.05) is 24.5 Å². The molecular weight excluding hydrogens is 335 g/mol. The lowest BCUT2D eigenvalue weighted by atomic mass is 10.1. The Hall–Kier alpha value is -1.86. The molecule has 3 N–H and O–H groups in total. The van der Waals surface area contributed by atoms with Crippen LogP contribution in [-0.2, 0) is 0 Å². The zero-order valence-corrected chi connectivity index (χ0v) is 13.8. The van der Waals surface area contributed by atoms with Crippen LogP contribution in [0.25, 0.3) is 10.9 Å². The Kier molecular flexibility index (Phi) is 3.65. The van der Waals surface area contributed by atoms with Crippen molar-refractivity contribution in [1.29, 1.82) is 0 Å². The minimum atomic E-state index is -0.611. The quantitative estimate of drug-likeness (QED) is 0.878. The molecule has 1 saturated carbocycles. The van der Waals surface area contributed by atoms with Crippen LogP contribution in [0.15, 0.2) is 15.7 Å². The van der Waals surface area contributed by atoms with Crippen LogP contribution < -0.4 is 21.9 Å². The lowest BCUT2D eigenvalue weighted by molar-refractivity contribution is 0.597. The first kappa shape index (κ1) is 15.7. The standard InChI is InChI=1S/C16H18ClFN4O2/c17-12-13-10(15(23)20-16(24)22(13)9-1-2-9)5-11(18)14(12)21-4-3-8(6-19)7-21/h5,8-9H,1-4,6-7,19H2,(H,20,23,24). The highest BCUT2D eigenvalue weighted by Gasteiger charge is 2.31. The van der Waals surface area contributed by atoms with Gasteiger partial charge in [-0.05, 0) is 37.8 Å². The third-order valence-electron chi connectivity index (χ3n) is 4.94. The monoisotopic (exact) mass is 352 g/mol. The van der Waals surface area contributed by atoms with Crippen LogP contribution in [0, 0.1) is 11.7 Å². The number of aromatic amines is 1. The highest BCUT2D eigenvalue weighted by Crippen LogP contribution is 2.41. The largest absolute Gasteiger partial charge is 0.368 e. The second-order valence-corrected chi connectivity index (χ2v) is 6.99.